The van der Waals surface area contributed by atoms with Crippen molar-refractivity contribution in [1.29, 1.82) is 0 Å². The number of hydrogen-bond acceptors (Lipinski definition) is 2. The maximum Gasteiger partial charge on any atom is 0.235 e. The van der Waals surface area contributed by atoms with Crippen LogP contribution in [0, 0.1) is 5.41 Å². The summed E-state index contributed by atoms with van der Waals surface area (Å²) in [4.78, 5) is 24.4. The molecule has 3 aliphatic rings. The molecule has 0 unspecified atom stereocenters. The van der Waals surface area contributed by atoms with Gasteiger partial charge in [0.15, 0.2) is 0 Å². The summed E-state index contributed by atoms with van der Waals surface area (Å²) in [7, 11) is 0. The Morgan fingerprint density at radius 2 is 1.28 bits per heavy atom. The molecule has 0 bridgehead atoms. The second-order valence-electron chi connectivity index (χ2n) is 6.14. The SMILES string of the molecule is O=C(NC1CCCCC1)C1(C(=O)NC2CC2)CC1. The predicted molar refractivity (Wildman–Crippen MR) is 67.8 cm³/mol. The van der Waals surface area contributed by atoms with Crippen LogP contribution in [0.25, 0.3) is 0 Å². The predicted octanol–water partition coefficient (Wildman–Crippen LogP) is 1.49. The largest absolute Gasteiger partial charge is 0.352 e. The zero-order chi connectivity index (χ0) is 12.6. The summed E-state index contributed by atoms with van der Waals surface area (Å²) in [6.07, 6.45) is 9.43. The summed E-state index contributed by atoms with van der Waals surface area (Å²) in [5, 5.41) is 6.07. The standard InChI is InChI=1S/C14H22N2O2/c17-12(15-10-4-2-1-3-5-10)14(8-9-14)13(18)16-11-6-7-11/h10-11H,1-9H2,(H,15,17)(H,16,18). The molecule has 0 spiro atoms. The van der Waals surface area contributed by atoms with E-state index in [1.54, 1.807) is 0 Å². The lowest BCUT2D eigenvalue weighted by Crippen LogP contribution is -2.47. The maximum absolute atomic E-state index is 12.3. The number of hydrogen-bond donors (Lipinski definition) is 2. The van der Waals surface area contributed by atoms with Crippen molar-refractivity contribution in [2.24, 2.45) is 5.41 Å². The Morgan fingerprint density at radius 1 is 0.778 bits per heavy atom. The lowest BCUT2D eigenvalue weighted by Gasteiger charge is -2.25. The minimum absolute atomic E-state index is 0.0208. The highest BCUT2D eigenvalue weighted by Crippen LogP contribution is 2.47. The van der Waals surface area contributed by atoms with Crippen molar-refractivity contribution in [2.75, 3.05) is 0 Å². The maximum atomic E-state index is 12.3. The normalized spacial score (nSPS) is 26.4. The average Bonchev–Trinajstić information content (AvgIpc) is 3.25. The first kappa shape index (κ1) is 12.0. The average molecular weight is 250 g/mol. The zero-order valence-electron chi connectivity index (χ0n) is 10.8. The van der Waals surface area contributed by atoms with E-state index in [1.165, 1.54) is 19.3 Å². The van der Waals surface area contributed by atoms with E-state index in [2.05, 4.69) is 10.6 Å². The second kappa shape index (κ2) is 4.56. The van der Waals surface area contributed by atoms with Crippen LogP contribution in [0.4, 0.5) is 0 Å². The first-order valence-electron chi connectivity index (χ1n) is 7.33. The minimum Gasteiger partial charge on any atom is -0.352 e. The second-order valence-corrected chi connectivity index (χ2v) is 6.14. The monoisotopic (exact) mass is 250 g/mol. The van der Waals surface area contributed by atoms with E-state index in [9.17, 15) is 9.59 Å². The van der Waals surface area contributed by atoms with Gasteiger partial charge in [-0.25, -0.2) is 0 Å². The van der Waals surface area contributed by atoms with Gasteiger partial charge >= 0.3 is 0 Å². The van der Waals surface area contributed by atoms with Crippen LogP contribution in [0.15, 0.2) is 0 Å². The van der Waals surface area contributed by atoms with Gasteiger partial charge in [-0.2, -0.15) is 0 Å². The van der Waals surface area contributed by atoms with Crippen LogP contribution >= 0.6 is 0 Å². The molecule has 0 saturated heterocycles. The number of nitrogens with one attached hydrogen (secondary N) is 2. The van der Waals surface area contributed by atoms with Crippen molar-refractivity contribution in [3.63, 3.8) is 0 Å². The van der Waals surface area contributed by atoms with Gasteiger partial charge in [-0.15, -0.1) is 0 Å². The highest BCUT2D eigenvalue weighted by molar-refractivity contribution is 6.08. The lowest BCUT2D eigenvalue weighted by molar-refractivity contribution is -0.137. The molecule has 3 rings (SSSR count). The Bertz CT molecular complexity index is 353. The minimum atomic E-state index is -0.708. The zero-order valence-corrected chi connectivity index (χ0v) is 10.8. The summed E-state index contributed by atoms with van der Waals surface area (Å²) >= 11 is 0. The Labute approximate surface area is 108 Å². The molecular weight excluding hydrogens is 228 g/mol. The lowest BCUT2D eigenvalue weighted by atomic mass is 9.94. The third-order valence-electron chi connectivity index (χ3n) is 4.47. The van der Waals surface area contributed by atoms with Gasteiger partial charge in [0.05, 0.1) is 0 Å². The van der Waals surface area contributed by atoms with Crippen molar-refractivity contribution >= 4 is 11.8 Å². The fourth-order valence-corrected chi connectivity index (χ4v) is 2.80. The van der Waals surface area contributed by atoms with Gasteiger partial charge in [0.2, 0.25) is 11.8 Å². The molecule has 4 heteroatoms. The van der Waals surface area contributed by atoms with Crippen LogP contribution in [0.2, 0.25) is 0 Å². The third kappa shape index (κ3) is 2.38. The van der Waals surface area contributed by atoms with Crippen LogP contribution in [-0.2, 0) is 9.59 Å². The van der Waals surface area contributed by atoms with Gasteiger partial charge < -0.3 is 10.6 Å². The first-order valence-corrected chi connectivity index (χ1v) is 7.33. The van der Waals surface area contributed by atoms with E-state index in [4.69, 9.17) is 0 Å². The van der Waals surface area contributed by atoms with E-state index >= 15 is 0 Å². The molecule has 0 aromatic rings. The van der Waals surface area contributed by atoms with Crippen molar-refractivity contribution < 1.29 is 9.59 Å². The number of carbonyl (C=O) groups excluding carboxylic acids is 2. The van der Waals surface area contributed by atoms with Crippen LogP contribution in [0.5, 0.6) is 0 Å². The fourth-order valence-electron chi connectivity index (χ4n) is 2.80. The summed E-state index contributed by atoms with van der Waals surface area (Å²) < 4.78 is 0. The molecule has 0 aromatic carbocycles. The number of rotatable bonds is 4. The number of amides is 2. The van der Waals surface area contributed by atoms with Crippen molar-refractivity contribution in [3.05, 3.63) is 0 Å². The molecule has 18 heavy (non-hydrogen) atoms. The van der Waals surface area contributed by atoms with E-state index in [0.717, 1.165) is 38.5 Å². The topological polar surface area (TPSA) is 58.2 Å². The molecule has 3 aliphatic carbocycles. The van der Waals surface area contributed by atoms with Gasteiger partial charge in [0.1, 0.15) is 5.41 Å². The molecule has 0 aromatic heterocycles. The Kier molecular flexibility index (Phi) is 3.04. The molecular formula is C14H22N2O2. The van der Waals surface area contributed by atoms with Crippen LogP contribution < -0.4 is 10.6 Å². The molecule has 3 fully saturated rings. The molecule has 0 heterocycles. The van der Waals surface area contributed by atoms with E-state index in [1.807, 2.05) is 0 Å². The van der Waals surface area contributed by atoms with Gasteiger partial charge in [0, 0.05) is 12.1 Å². The van der Waals surface area contributed by atoms with Crippen molar-refractivity contribution in [1.82, 2.24) is 10.6 Å². The van der Waals surface area contributed by atoms with Crippen LogP contribution in [-0.4, -0.2) is 23.9 Å². The van der Waals surface area contributed by atoms with Gasteiger partial charge in [-0.05, 0) is 38.5 Å². The summed E-state index contributed by atoms with van der Waals surface area (Å²) in [5.74, 6) is -0.0501. The molecule has 0 aliphatic heterocycles. The molecule has 3 saturated carbocycles. The van der Waals surface area contributed by atoms with Crippen LogP contribution in [0.3, 0.4) is 0 Å². The Morgan fingerprint density at radius 3 is 1.72 bits per heavy atom. The Balaban J connectivity index is 1.55. The molecule has 100 valence electrons. The molecule has 2 amide bonds. The van der Waals surface area contributed by atoms with E-state index < -0.39 is 5.41 Å². The molecule has 2 N–H and O–H groups in total. The van der Waals surface area contributed by atoms with E-state index in [0.29, 0.717) is 12.1 Å². The quantitative estimate of drug-likeness (QED) is 0.743. The van der Waals surface area contributed by atoms with Gasteiger partial charge in [-0.3, -0.25) is 9.59 Å². The highest BCUT2D eigenvalue weighted by Gasteiger charge is 2.57. The molecule has 0 radical (unpaired) electrons. The van der Waals surface area contributed by atoms with Gasteiger partial charge in [0.25, 0.3) is 0 Å². The number of carbonyl (C=O) groups is 2. The highest BCUT2D eigenvalue weighted by atomic mass is 16.2. The summed E-state index contributed by atoms with van der Waals surface area (Å²) in [5.41, 5.74) is -0.708. The van der Waals surface area contributed by atoms with E-state index in [-0.39, 0.29) is 11.8 Å². The van der Waals surface area contributed by atoms with Crippen LogP contribution in [0.1, 0.15) is 57.8 Å². The fraction of sp³-hybridized carbons (Fsp3) is 0.857. The third-order valence-corrected chi connectivity index (χ3v) is 4.47. The molecule has 4 nitrogen and oxygen atoms in total. The molecule has 0 atom stereocenters. The Hall–Kier alpha value is -1.06. The summed E-state index contributed by atoms with van der Waals surface area (Å²) in [6, 6.07) is 0.648. The van der Waals surface area contributed by atoms with Crippen molar-refractivity contribution in [3.8, 4) is 0 Å². The summed E-state index contributed by atoms with van der Waals surface area (Å²) in [6.45, 7) is 0. The smallest absolute Gasteiger partial charge is 0.235 e. The van der Waals surface area contributed by atoms with Crippen molar-refractivity contribution in [2.45, 2.75) is 69.9 Å². The first-order chi connectivity index (χ1) is 8.71. The van der Waals surface area contributed by atoms with Gasteiger partial charge in [-0.1, -0.05) is 19.3 Å².